The predicted molar refractivity (Wildman–Crippen MR) is 62.7 cm³/mol. The molecule has 1 aliphatic rings. The third-order valence-corrected chi connectivity index (χ3v) is 2.51. The summed E-state index contributed by atoms with van der Waals surface area (Å²) in [5.41, 5.74) is 1.80. The fourth-order valence-electron chi connectivity index (χ4n) is 1.62. The maximum Gasteiger partial charge on any atom is 0.183 e. The van der Waals surface area contributed by atoms with Gasteiger partial charge >= 0.3 is 0 Å². The summed E-state index contributed by atoms with van der Waals surface area (Å²) in [7, 11) is 0. The number of nitrogens with zero attached hydrogens (tertiary/aromatic N) is 1. The molecule has 0 bridgehead atoms. The molecule has 3 nitrogen and oxygen atoms in total. The Balaban J connectivity index is 2.05. The van der Waals surface area contributed by atoms with Gasteiger partial charge in [0.1, 0.15) is 0 Å². The van der Waals surface area contributed by atoms with Crippen LogP contribution in [0.4, 0.5) is 0 Å². The summed E-state index contributed by atoms with van der Waals surface area (Å²) in [6.45, 7) is 3.54. The van der Waals surface area contributed by atoms with Gasteiger partial charge in [0.2, 0.25) is 0 Å². The quantitative estimate of drug-likeness (QED) is 0.691. The van der Waals surface area contributed by atoms with Crippen LogP contribution in [0.5, 0.6) is 0 Å². The Labute approximate surface area is 101 Å². The van der Waals surface area contributed by atoms with Gasteiger partial charge in [-0.05, 0) is 12.1 Å². The van der Waals surface area contributed by atoms with Crippen molar-refractivity contribution in [2.75, 3.05) is 13.2 Å². The van der Waals surface area contributed by atoms with Gasteiger partial charge in [0, 0.05) is 23.0 Å². The monoisotopic (exact) mass is 227 g/mol. The molecule has 0 aliphatic carbocycles. The van der Waals surface area contributed by atoms with Crippen molar-refractivity contribution < 1.29 is 9.47 Å². The Morgan fingerprint density at radius 3 is 2.41 bits per heavy atom. The van der Waals surface area contributed by atoms with Crippen molar-refractivity contribution in [1.82, 2.24) is 0 Å². The average Bonchev–Trinajstić information content (AvgIpc) is 2.38. The van der Waals surface area contributed by atoms with Crippen molar-refractivity contribution in [3.05, 3.63) is 35.4 Å². The van der Waals surface area contributed by atoms with Crippen LogP contribution in [0.1, 0.15) is 24.3 Å². The first-order valence-electron chi connectivity index (χ1n) is 5.53. The van der Waals surface area contributed by atoms with Gasteiger partial charge in [0.05, 0.1) is 13.2 Å². The molecule has 1 fully saturated rings. The van der Waals surface area contributed by atoms with E-state index in [2.05, 4.69) is 18.8 Å². The zero-order valence-electron chi connectivity index (χ0n) is 9.64. The molecule has 0 amide bonds. The number of hydrogen-bond donors (Lipinski definition) is 0. The Morgan fingerprint density at radius 2 is 1.82 bits per heavy atom. The molecule has 0 aromatic heterocycles. The lowest BCUT2D eigenvalue weighted by Crippen LogP contribution is -2.24. The summed E-state index contributed by atoms with van der Waals surface area (Å²) in [6.07, 6.45) is -0.274. The maximum absolute atomic E-state index is 8.35. The van der Waals surface area contributed by atoms with Crippen LogP contribution >= 0.6 is 0 Å². The van der Waals surface area contributed by atoms with Gasteiger partial charge in [-0.25, -0.2) is 0 Å². The Bertz CT molecular complexity index is 468. The number of hydrogen-bond acceptors (Lipinski definition) is 3. The lowest BCUT2D eigenvalue weighted by atomic mass is 10.1. The summed E-state index contributed by atoms with van der Waals surface area (Å²) >= 11 is 0. The third kappa shape index (κ3) is 3.07. The van der Waals surface area contributed by atoms with E-state index in [-0.39, 0.29) is 6.29 Å². The zero-order chi connectivity index (χ0) is 12.1. The lowest BCUT2D eigenvalue weighted by molar-refractivity contribution is -0.202. The molecule has 0 atom stereocenters. The van der Waals surface area contributed by atoms with E-state index in [4.69, 9.17) is 14.7 Å². The highest BCUT2D eigenvalue weighted by molar-refractivity contribution is 5.39. The van der Waals surface area contributed by atoms with E-state index in [9.17, 15) is 0 Å². The standard InChI is InChI=1S/C14H13NO2/c1-11-9-16-14(17-10-11)13-6-4-12(5-7-13)3-2-8-15/h4-7,11,14H,9-10H2,1H3. The van der Waals surface area contributed by atoms with Gasteiger partial charge in [-0.1, -0.05) is 25.0 Å². The van der Waals surface area contributed by atoms with E-state index in [1.807, 2.05) is 24.3 Å². The number of rotatable bonds is 1. The van der Waals surface area contributed by atoms with Crippen LogP contribution in [0.15, 0.2) is 24.3 Å². The normalized spacial score (nSPS) is 23.3. The first-order valence-corrected chi connectivity index (χ1v) is 5.53. The molecule has 0 unspecified atom stereocenters. The van der Waals surface area contributed by atoms with Gasteiger partial charge in [-0.2, -0.15) is 5.26 Å². The van der Waals surface area contributed by atoms with Gasteiger partial charge in [-0.3, -0.25) is 0 Å². The SMILES string of the molecule is CC1COC(c2ccc(C#CC#N)cc2)OC1. The van der Waals surface area contributed by atoms with E-state index in [0.717, 1.165) is 24.3 Å². The van der Waals surface area contributed by atoms with Crippen molar-refractivity contribution in [3.63, 3.8) is 0 Å². The number of nitriles is 1. The van der Waals surface area contributed by atoms with Crippen molar-refractivity contribution in [1.29, 1.82) is 5.26 Å². The lowest BCUT2D eigenvalue weighted by Gasteiger charge is -2.27. The minimum Gasteiger partial charge on any atom is -0.348 e. The third-order valence-electron chi connectivity index (χ3n) is 2.51. The second kappa shape index (κ2) is 5.50. The summed E-state index contributed by atoms with van der Waals surface area (Å²) in [5, 5.41) is 8.35. The Morgan fingerprint density at radius 1 is 1.18 bits per heavy atom. The molecule has 1 saturated heterocycles. The van der Waals surface area contributed by atoms with Gasteiger partial charge in [0.15, 0.2) is 12.4 Å². The second-order valence-electron chi connectivity index (χ2n) is 4.09. The van der Waals surface area contributed by atoms with Crippen molar-refractivity contribution >= 4 is 0 Å². The minimum absolute atomic E-state index is 0.274. The maximum atomic E-state index is 8.35. The van der Waals surface area contributed by atoms with Gasteiger partial charge in [0.25, 0.3) is 0 Å². The molecule has 1 heterocycles. The molecule has 0 radical (unpaired) electrons. The van der Waals surface area contributed by atoms with Gasteiger partial charge < -0.3 is 9.47 Å². The van der Waals surface area contributed by atoms with Crippen molar-refractivity contribution in [2.45, 2.75) is 13.2 Å². The van der Waals surface area contributed by atoms with E-state index >= 15 is 0 Å². The first-order chi connectivity index (χ1) is 8.29. The van der Waals surface area contributed by atoms with E-state index in [1.165, 1.54) is 0 Å². The van der Waals surface area contributed by atoms with Crippen molar-refractivity contribution in [3.8, 4) is 17.9 Å². The molecule has 3 heteroatoms. The van der Waals surface area contributed by atoms with Crippen LogP contribution in [0, 0.1) is 29.1 Å². The topological polar surface area (TPSA) is 42.2 Å². The van der Waals surface area contributed by atoms with Crippen LogP contribution in [0.25, 0.3) is 0 Å². The molecule has 0 spiro atoms. The molecule has 0 N–H and O–H groups in total. The highest BCUT2D eigenvalue weighted by Crippen LogP contribution is 2.24. The number of benzene rings is 1. The highest BCUT2D eigenvalue weighted by Gasteiger charge is 2.20. The van der Waals surface area contributed by atoms with E-state index in [0.29, 0.717) is 5.92 Å². The molecular weight excluding hydrogens is 214 g/mol. The van der Waals surface area contributed by atoms with Crippen LogP contribution in [-0.4, -0.2) is 13.2 Å². The molecule has 86 valence electrons. The molecule has 1 aromatic carbocycles. The molecular formula is C14H13NO2. The Kier molecular flexibility index (Phi) is 3.77. The molecule has 2 rings (SSSR count). The van der Waals surface area contributed by atoms with Gasteiger partial charge in [-0.15, -0.1) is 0 Å². The van der Waals surface area contributed by atoms with E-state index < -0.39 is 0 Å². The zero-order valence-corrected chi connectivity index (χ0v) is 9.64. The van der Waals surface area contributed by atoms with Crippen LogP contribution in [-0.2, 0) is 9.47 Å². The minimum atomic E-state index is -0.274. The highest BCUT2D eigenvalue weighted by atomic mass is 16.7. The van der Waals surface area contributed by atoms with Crippen LogP contribution in [0.3, 0.4) is 0 Å². The summed E-state index contributed by atoms with van der Waals surface area (Å²) in [4.78, 5) is 0. The fourth-order valence-corrected chi connectivity index (χ4v) is 1.62. The van der Waals surface area contributed by atoms with E-state index in [1.54, 1.807) is 6.07 Å². The van der Waals surface area contributed by atoms with Crippen LogP contribution in [0.2, 0.25) is 0 Å². The molecule has 17 heavy (non-hydrogen) atoms. The molecule has 0 saturated carbocycles. The predicted octanol–water partition coefficient (Wildman–Crippen LogP) is 2.24. The average molecular weight is 227 g/mol. The molecule has 1 aliphatic heterocycles. The second-order valence-corrected chi connectivity index (χ2v) is 4.09. The summed E-state index contributed by atoms with van der Waals surface area (Å²) < 4.78 is 11.2. The Hall–Kier alpha value is -1.81. The fraction of sp³-hybridized carbons (Fsp3) is 0.357. The molecule has 1 aromatic rings. The summed E-state index contributed by atoms with van der Waals surface area (Å²) in [6, 6.07) is 9.36. The largest absolute Gasteiger partial charge is 0.348 e. The number of ether oxygens (including phenoxy) is 2. The van der Waals surface area contributed by atoms with Crippen LogP contribution < -0.4 is 0 Å². The smallest absolute Gasteiger partial charge is 0.183 e. The summed E-state index contributed by atoms with van der Waals surface area (Å²) in [5.74, 6) is 5.55. The first kappa shape index (κ1) is 11.7. The van der Waals surface area contributed by atoms with Crippen molar-refractivity contribution in [2.24, 2.45) is 5.92 Å².